The van der Waals surface area contributed by atoms with Gasteiger partial charge in [0, 0.05) is 6.54 Å². The number of nitrogens with zero attached hydrogens (tertiary/aromatic N) is 3. The molecule has 5 nitrogen and oxygen atoms in total. The normalized spacial score (nSPS) is 13.8. The van der Waals surface area contributed by atoms with E-state index in [0.717, 1.165) is 32.2 Å². The number of aliphatic hydroxyl groups excluding tert-OH is 1. The van der Waals surface area contributed by atoms with Crippen LogP contribution < -0.4 is 0 Å². The number of rotatable bonds is 10. The van der Waals surface area contributed by atoms with Gasteiger partial charge in [-0.2, -0.15) is 5.10 Å². The van der Waals surface area contributed by atoms with Gasteiger partial charge in [0.05, 0.1) is 0 Å². The van der Waals surface area contributed by atoms with Crippen LogP contribution in [0.15, 0.2) is 36.7 Å². The summed E-state index contributed by atoms with van der Waals surface area (Å²) >= 11 is 0. The van der Waals surface area contributed by atoms with Crippen molar-refractivity contribution in [3.8, 4) is 0 Å². The van der Waals surface area contributed by atoms with Gasteiger partial charge in [-0.05, 0) is 55.8 Å². The van der Waals surface area contributed by atoms with Gasteiger partial charge in [0.1, 0.15) is 12.4 Å². The monoisotopic (exact) mass is 375 g/mol. The van der Waals surface area contributed by atoms with Crippen LogP contribution in [-0.4, -0.2) is 33.0 Å². The molecule has 6 heteroatoms. The largest absolute Gasteiger partial charge is 0.432 e. The van der Waals surface area contributed by atoms with Gasteiger partial charge < -0.3 is 9.90 Å². The lowest BCUT2D eigenvalue weighted by Crippen LogP contribution is -2.39. The predicted molar refractivity (Wildman–Crippen MR) is 107 cm³/mol. The second kappa shape index (κ2) is 8.93. The smallest absolute Gasteiger partial charge is 0.188 e. The molecule has 0 aliphatic heterocycles. The summed E-state index contributed by atoms with van der Waals surface area (Å²) in [5.41, 5.74) is 1.29. The summed E-state index contributed by atoms with van der Waals surface area (Å²) in [6, 6.07) is 10.3. The fraction of sp³-hybridized carbons (Fsp3) is 0.600. The van der Waals surface area contributed by atoms with Gasteiger partial charge >= 0.3 is 0 Å². The van der Waals surface area contributed by atoms with Gasteiger partial charge in [-0.15, -0.1) is 0 Å². The van der Waals surface area contributed by atoms with Crippen LogP contribution in [0.4, 0.5) is 0 Å². The van der Waals surface area contributed by atoms with Gasteiger partial charge in [-0.25, -0.2) is 9.67 Å². The van der Waals surface area contributed by atoms with Crippen molar-refractivity contribution in [1.29, 1.82) is 0 Å². The molecule has 0 aliphatic carbocycles. The van der Waals surface area contributed by atoms with Crippen LogP contribution in [-0.2, 0) is 13.0 Å². The molecule has 144 valence electrons. The predicted octanol–water partition coefficient (Wildman–Crippen LogP) is 4.09. The minimum absolute atomic E-state index is 0.0396. The van der Waals surface area contributed by atoms with Crippen LogP contribution in [0.25, 0.3) is 0 Å². The van der Waals surface area contributed by atoms with Gasteiger partial charge in [0.15, 0.2) is 14.1 Å². The van der Waals surface area contributed by atoms with E-state index in [-0.39, 0.29) is 5.04 Å². The molecule has 0 saturated heterocycles. The molecular formula is C20H33N3O2Si. The Balaban J connectivity index is 1.83. The van der Waals surface area contributed by atoms with Crippen molar-refractivity contribution in [3.63, 3.8) is 0 Å². The summed E-state index contributed by atoms with van der Waals surface area (Å²) in [5.74, 6) is 0.649. The fourth-order valence-electron chi connectivity index (χ4n) is 2.95. The van der Waals surface area contributed by atoms with Crippen LogP contribution in [0, 0.1) is 0 Å². The molecule has 0 spiro atoms. The molecule has 26 heavy (non-hydrogen) atoms. The molecule has 1 heterocycles. The third kappa shape index (κ3) is 5.76. The van der Waals surface area contributed by atoms with Crippen LogP contribution in [0.5, 0.6) is 0 Å². The molecule has 0 aliphatic rings. The molecule has 2 rings (SSSR count). The minimum atomic E-state index is -2.19. The Morgan fingerprint density at radius 2 is 1.85 bits per heavy atom. The Morgan fingerprint density at radius 1 is 1.15 bits per heavy atom. The second-order valence-electron chi connectivity index (χ2n) is 8.28. The third-order valence-electron chi connectivity index (χ3n) is 5.56. The maximum absolute atomic E-state index is 10.5. The van der Waals surface area contributed by atoms with Crippen LogP contribution >= 0.6 is 0 Å². The van der Waals surface area contributed by atoms with E-state index in [2.05, 4.69) is 36.1 Å². The molecule has 0 saturated carbocycles. The summed E-state index contributed by atoms with van der Waals surface area (Å²) in [7, 11) is -2.19. The van der Waals surface area contributed by atoms with Gasteiger partial charge in [-0.3, -0.25) is 0 Å². The Bertz CT molecular complexity index is 665. The van der Waals surface area contributed by atoms with E-state index in [0.29, 0.717) is 12.2 Å². The standard InChI is InChI=1S/C20H33N3O2Si/c1-20(2,26(3,4)25)14-9-15-23-19(21-16-22-23)18(24)13-8-12-17-10-6-5-7-11-17/h5-7,10-11,16,18,24-25H,8-9,12-15H2,1-4H3. The van der Waals surface area contributed by atoms with E-state index in [4.69, 9.17) is 0 Å². The van der Waals surface area contributed by atoms with Crippen molar-refractivity contribution in [1.82, 2.24) is 14.8 Å². The first-order valence-electron chi connectivity index (χ1n) is 9.53. The molecule has 0 fully saturated rings. The Kier molecular flexibility index (Phi) is 7.14. The minimum Gasteiger partial charge on any atom is -0.432 e. The maximum Gasteiger partial charge on any atom is 0.188 e. The average Bonchev–Trinajstić information content (AvgIpc) is 3.03. The zero-order valence-electron chi connectivity index (χ0n) is 16.5. The molecule has 2 N–H and O–H groups in total. The van der Waals surface area contributed by atoms with Gasteiger partial charge in [0.2, 0.25) is 0 Å². The zero-order chi connectivity index (χ0) is 19.2. The van der Waals surface area contributed by atoms with Crippen molar-refractivity contribution >= 4 is 8.32 Å². The molecule has 0 amide bonds. The first kappa shape index (κ1) is 20.8. The Labute approximate surface area is 158 Å². The molecule has 1 unspecified atom stereocenters. The lowest BCUT2D eigenvalue weighted by molar-refractivity contribution is 0.148. The van der Waals surface area contributed by atoms with E-state index >= 15 is 0 Å². The fourth-order valence-corrected chi connectivity index (χ4v) is 3.74. The van der Waals surface area contributed by atoms with Crippen molar-refractivity contribution in [2.24, 2.45) is 0 Å². The van der Waals surface area contributed by atoms with Crippen molar-refractivity contribution in [2.45, 2.75) is 76.7 Å². The van der Waals surface area contributed by atoms with Gasteiger partial charge in [0.25, 0.3) is 0 Å². The number of hydrogen-bond donors (Lipinski definition) is 2. The topological polar surface area (TPSA) is 71.2 Å². The summed E-state index contributed by atoms with van der Waals surface area (Å²) in [5, 5.41) is 14.7. The number of aryl methyl sites for hydroxylation is 2. The van der Waals surface area contributed by atoms with Crippen molar-refractivity contribution < 1.29 is 9.90 Å². The highest BCUT2D eigenvalue weighted by atomic mass is 28.4. The van der Waals surface area contributed by atoms with Crippen molar-refractivity contribution in [3.05, 3.63) is 48.0 Å². The molecule has 1 atom stereocenters. The SMILES string of the molecule is CC(C)(CCCn1ncnc1C(O)CCCc1ccccc1)[Si](C)(C)O. The maximum atomic E-state index is 10.5. The van der Waals surface area contributed by atoms with E-state index < -0.39 is 14.4 Å². The van der Waals surface area contributed by atoms with E-state index in [1.54, 1.807) is 0 Å². The van der Waals surface area contributed by atoms with Crippen LogP contribution in [0.1, 0.15) is 57.0 Å². The molecule has 1 aromatic carbocycles. The second-order valence-corrected chi connectivity index (χ2v) is 12.8. The van der Waals surface area contributed by atoms with Crippen molar-refractivity contribution in [2.75, 3.05) is 0 Å². The van der Waals surface area contributed by atoms with Gasteiger partial charge in [-0.1, -0.05) is 44.2 Å². The van der Waals surface area contributed by atoms with E-state index in [1.807, 2.05) is 36.0 Å². The molecule has 1 aromatic heterocycles. The first-order chi connectivity index (χ1) is 12.2. The number of aliphatic hydroxyl groups is 1. The summed E-state index contributed by atoms with van der Waals surface area (Å²) in [6.07, 6.45) is 5.33. The third-order valence-corrected chi connectivity index (χ3v) is 9.12. The first-order valence-corrected chi connectivity index (χ1v) is 12.5. The molecule has 2 aromatic rings. The number of hydrogen-bond acceptors (Lipinski definition) is 4. The lowest BCUT2D eigenvalue weighted by atomic mass is 10.1. The zero-order valence-corrected chi connectivity index (χ0v) is 17.5. The van der Waals surface area contributed by atoms with E-state index in [1.165, 1.54) is 11.9 Å². The summed E-state index contributed by atoms with van der Waals surface area (Å²) < 4.78 is 1.81. The molecule has 0 radical (unpaired) electrons. The highest BCUT2D eigenvalue weighted by molar-refractivity contribution is 6.72. The molecular weight excluding hydrogens is 342 g/mol. The lowest BCUT2D eigenvalue weighted by Gasteiger charge is -2.35. The summed E-state index contributed by atoms with van der Waals surface area (Å²) in [4.78, 5) is 14.7. The molecule has 0 bridgehead atoms. The quantitative estimate of drug-likeness (QED) is 0.614. The number of benzene rings is 1. The Hall–Kier alpha value is -1.50. The average molecular weight is 376 g/mol. The summed E-state index contributed by atoms with van der Waals surface area (Å²) in [6.45, 7) is 8.98. The van der Waals surface area contributed by atoms with Crippen LogP contribution in [0.2, 0.25) is 18.1 Å². The van der Waals surface area contributed by atoms with E-state index in [9.17, 15) is 9.90 Å². The number of aromatic nitrogens is 3. The van der Waals surface area contributed by atoms with Crippen LogP contribution in [0.3, 0.4) is 0 Å². The highest BCUT2D eigenvalue weighted by Crippen LogP contribution is 2.39. The Morgan fingerprint density at radius 3 is 2.50 bits per heavy atom. The highest BCUT2D eigenvalue weighted by Gasteiger charge is 2.37.